The van der Waals surface area contributed by atoms with Crippen molar-refractivity contribution in [3.8, 4) is 17.2 Å². The van der Waals surface area contributed by atoms with Crippen LogP contribution in [0.25, 0.3) is 5.69 Å². The van der Waals surface area contributed by atoms with Crippen molar-refractivity contribution in [3.63, 3.8) is 0 Å². The summed E-state index contributed by atoms with van der Waals surface area (Å²) in [5.41, 5.74) is 2.77. The number of fused-ring (bicyclic) bond motifs is 1. The fraction of sp³-hybridized carbons (Fsp3) is 0.250. The van der Waals surface area contributed by atoms with Gasteiger partial charge in [0.1, 0.15) is 18.1 Å². The van der Waals surface area contributed by atoms with E-state index in [-0.39, 0.29) is 17.8 Å². The highest BCUT2D eigenvalue weighted by atomic mass is 16.5. The number of carbonyl (C=O) groups excluding carboxylic acids is 1. The lowest BCUT2D eigenvalue weighted by Gasteiger charge is -2.23. The van der Waals surface area contributed by atoms with Crippen LogP contribution in [0.1, 0.15) is 24.1 Å². The molecule has 2 aromatic carbocycles. The van der Waals surface area contributed by atoms with Crippen molar-refractivity contribution >= 4 is 6.03 Å². The third-order valence-corrected chi connectivity index (χ3v) is 4.74. The normalized spacial score (nSPS) is 14.5. The predicted molar refractivity (Wildman–Crippen MR) is 102 cm³/mol. The van der Waals surface area contributed by atoms with Crippen molar-refractivity contribution in [2.75, 3.05) is 13.2 Å². The smallest absolute Gasteiger partial charge is 0.318 e. The molecule has 0 fully saturated rings. The van der Waals surface area contributed by atoms with Crippen LogP contribution in [0.4, 0.5) is 4.79 Å². The minimum atomic E-state index is -0.155. The molecule has 1 unspecified atom stereocenters. The summed E-state index contributed by atoms with van der Waals surface area (Å²) < 4.78 is 7.33. The number of amides is 2. The van der Waals surface area contributed by atoms with Gasteiger partial charge in [-0.3, -0.25) is 0 Å². The molecule has 28 heavy (non-hydrogen) atoms. The van der Waals surface area contributed by atoms with E-state index in [1.165, 1.54) is 0 Å². The predicted octanol–water partition coefficient (Wildman–Crippen LogP) is 2.64. The monoisotopic (exact) mass is 379 g/mol. The number of urea groups is 1. The number of carbonyl (C=O) groups is 1. The number of hydrogen-bond donors (Lipinski definition) is 2. The molecule has 8 nitrogen and oxygen atoms in total. The number of nitrogens with one attached hydrogen (secondary N) is 1. The standard InChI is InChI=1S/C20H21N5O3/c1-14(15-2-5-17(6-3-15)25-9-8-21-23-25)22-20(27)24-10-11-28-19-12-18(26)7-4-16(19)13-24/h2-9,12,14,26H,10-11,13H2,1H3,(H,22,27). The van der Waals surface area contributed by atoms with Crippen LogP contribution in [0.15, 0.2) is 54.9 Å². The summed E-state index contributed by atoms with van der Waals surface area (Å²) in [6.45, 7) is 3.23. The average Bonchev–Trinajstić information content (AvgIpc) is 3.15. The Morgan fingerprint density at radius 2 is 2.07 bits per heavy atom. The van der Waals surface area contributed by atoms with Crippen molar-refractivity contribution in [1.29, 1.82) is 0 Å². The first-order chi connectivity index (χ1) is 13.6. The van der Waals surface area contributed by atoms with Gasteiger partial charge >= 0.3 is 6.03 Å². The highest BCUT2D eigenvalue weighted by Crippen LogP contribution is 2.27. The molecule has 0 radical (unpaired) electrons. The zero-order valence-corrected chi connectivity index (χ0v) is 15.4. The first-order valence-electron chi connectivity index (χ1n) is 9.07. The number of nitrogens with zero attached hydrogens (tertiary/aromatic N) is 4. The second-order valence-electron chi connectivity index (χ2n) is 6.67. The highest BCUT2D eigenvalue weighted by Gasteiger charge is 2.21. The molecular weight excluding hydrogens is 358 g/mol. The van der Waals surface area contributed by atoms with Crippen molar-refractivity contribution in [3.05, 3.63) is 66.0 Å². The number of benzene rings is 2. The molecule has 0 spiro atoms. The number of phenolic OH excluding ortho intramolecular Hbond substituents is 1. The fourth-order valence-corrected chi connectivity index (χ4v) is 3.15. The Morgan fingerprint density at radius 1 is 1.25 bits per heavy atom. The Bertz CT molecular complexity index is 956. The van der Waals surface area contributed by atoms with Crippen molar-refractivity contribution < 1.29 is 14.6 Å². The molecule has 3 aromatic rings. The SMILES string of the molecule is CC(NC(=O)N1CCOc2cc(O)ccc2C1)c1ccc(-n2ccnn2)cc1. The van der Waals surface area contributed by atoms with Crippen molar-refractivity contribution in [2.45, 2.75) is 19.5 Å². The van der Waals surface area contributed by atoms with E-state index in [0.717, 1.165) is 16.8 Å². The van der Waals surface area contributed by atoms with Gasteiger partial charge in [-0.1, -0.05) is 17.3 Å². The quantitative estimate of drug-likeness (QED) is 0.730. The van der Waals surface area contributed by atoms with E-state index in [1.807, 2.05) is 31.2 Å². The molecule has 0 saturated carbocycles. The van der Waals surface area contributed by atoms with Crippen LogP contribution in [0.3, 0.4) is 0 Å². The van der Waals surface area contributed by atoms with Crippen LogP contribution in [0.5, 0.6) is 11.5 Å². The molecule has 0 aliphatic carbocycles. The van der Waals surface area contributed by atoms with Crippen LogP contribution < -0.4 is 10.1 Å². The van der Waals surface area contributed by atoms with Crippen LogP contribution in [-0.2, 0) is 6.54 Å². The molecule has 1 aliphatic heterocycles. The average molecular weight is 379 g/mol. The van der Waals surface area contributed by atoms with E-state index in [9.17, 15) is 9.90 Å². The largest absolute Gasteiger partial charge is 0.508 e. The Morgan fingerprint density at radius 3 is 2.82 bits per heavy atom. The molecule has 0 bridgehead atoms. The molecule has 4 rings (SSSR count). The summed E-state index contributed by atoms with van der Waals surface area (Å²) in [5.74, 6) is 0.770. The molecule has 144 valence electrons. The lowest BCUT2D eigenvalue weighted by atomic mass is 10.1. The minimum Gasteiger partial charge on any atom is -0.508 e. The van der Waals surface area contributed by atoms with Crippen molar-refractivity contribution in [1.82, 2.24) is 25.2 Å². The van der Waals surface area contributed by atoms with E-state index in [0.29, 0.717) is 25.4 Å². The third kappa shape index (κ3) is 3.75. The van der Waals surface area contributed by atoms with Gasteiger partial charge in [-0.05, 0) is 36.8 Å². The van der Waals surface area contributed by atoms with Crippen LogP contribution in [0, 0.1) is 0 Å². The molecule has 2 N–H and O–H groups in total. The van der Waals surface area contributed by atoms with E-state index in [1.54, 1.807) is 40.2 Å². The zero-order chi connectivity index (χ0) is 19.5. The number of aromatic nitrogens is 3. The molecule has 2 amide bonds. The second kappa shape index (κ2) is 7.59. The maximum absolute atomic E-state index is 12.8. The van der Waals surface area contributed by atoms with Gasteiger partial charge in [0.15, 0.2) is 0 Å². The number of phenols is 1. The van der Waals surface area contributed by atoms with Gasteiger partial charge in [-0.15, -0.1) is 5.10 Å². The second-order valence-corrected chi connectivity index (χ2v) is 6.67. The Kier molecular flexibility index (Phi) is 4.84. The molecule has 2 heterocycles. The van der Waals surface area contributed by atoms with Crippen molar-refractivity contribution in [2.24, 2.45) is 0 Å². The molecule has 0 saturated heterocycles. The fourth-order valence-electron chi connectivity index (χ4n) is 3.15. The van der Waals surface area contributed by atoms with Gasteiger partial charge in [0.25, 0.3) is 0 Å². The van der Waals surface area contributed by atoms with Gasteiger partial charge < -0.3 is 20.1 Å². The summed E-state index contributed by atoms with van der Waals surface area (Å²) in [5, 5.41) is 20.4. The lowest BCUT2D eigenvalue weighted by Crippen LogP contribution is -2.41. The topological polar surface area (TPSA) is 92.5 Å². The maximum atomic E-state index is 12.8. The Hall–Kier alpha value is -3.55. The lowest BCUT2D eigenvalue weighted by molar-refractivity contribution is 0.184. The van der Waals surface area contributed by atoms with Crippen LogP contribution in [0.2, 0.25) is 0 Å². The van der Waals surface area contributed by atoms with Gasteiger partial charge in [0, 0.05) is 11.6 Å². The number of aromatic hydroxyl groups is 1. The molecular formula is C20H21N5O3. The highest BCUT2D eigenvalue weighted by molar-refractivity contribution is 5.75. The summed E-state index contributed by atoms with van der Waals surface area (Å²) in [7, 11) is 0. The summed E-state index contributed by atoms with van der Waals surface area (Å²) >= 11 is 0. The third-order valence-electron chi connectivity index (χ3n) is 4.74. The number of ether oxygens (including phenoxy) is 1. The Balaban J connectivity index is 1.42. The molecule has 1 atom stereocenters. The summed E-state index contributed by atoms with van der Waals surface area (Å²) in [6.07, 6.45) is 3.40. The zero-order valence-electron chi connectivity index (χ0n) is 15.4. The molecule has 1 aliphatic rings. The van der Waals surface area contributed by atoms with E-state index >= 15 is 0 Å². The van der Waals surface area contributed by atoms with Gasteiger partial charge in [0.2, 0.25) is 0 Å². The van der Waals surface area contributed by atoms with E-state index in [2.05, 4.69) is 15.6 Å². The van der Waals surface area contributed by atoms with Gasteiger partial charge in [0.05, 0.1) is 37.2 Å². The van der Waals surface area contributed by atoms with Gasteiger partial charge in [-0.25, -0.2) is 9.48 Å². The molecule has 1 aromatic heterocycles. The molecule has 8 heteroatoms. The minimum absolute atomic E-state index is 0.152. The first-order valence-corrected chi connectivity index (χ1v) is 9.07. The number of hydrogen-bond acceptors (Lipinski definition) is 5. The summed E-state index contributed by atoms with van der Waals surface area (Å²) in [6, 6.07) is 12.5. The first kappa shape index (κ1) is 17.8. The Labute approximate surface area is 162 Å². The summed E-state index contributed by atoms with van der Waals surface area (Å²) in [4.78, 5) is 14.5. The van der Waals surface area contributed by atoms with Gasteiger partial charge in [-0.2, -0.15) is 0 Å². The van der Waals surface area contributed by atoms with Crippen LogP contribution >= 0.6 is 0 Å². The van der Waals surface area contributed by atoms with E-state index < -0.39 is 0 Å². The van der Waals surface area contributed by atoms with E-state index in [4.69, 9.17) is 4.74 Å². The number of rotatable bonds is 3. The van der Waals surface area contributed by atoms with Crippen LogP contribution in [-0.4, -0.2) is 44.2 Å². The maximum Gasteiger partial charge on any atom is 0.318 e.